The number of methoxy groups -OCH3 is 1. The number of carbonyl (C=O) groups excluding carboxylic acids is 2. The minimum Gasteiger partial charge on any atom is -0.493 e. The summed E-state index contributed by atoms with van der Waals surface area (Å²) in [4.78, 5) is 28.0. The molecular weight excluding hydrogens is 501 g/mol. The average molecular weight is 536 g/mol. The third kappa shape index (κ3) is 8.22. The number of hydrogen-bond donors (Lipinski definition) is 1. The molecule has 0 aliphatic rings. The molecule has 8 heteroatoms. The van der Waals surface area contributed by atoms with Crippen LogP contribution in [0.15, 0.2) is 60.9 Å². The van der Waals surface area contributed by atoms with Crippen molar-refractivity contribution >= 4 is 17.8 Å². The van der Waals surface area contributed by atoms with E-state index in [-0.39, 0.29) is 31.4 Å². The number of Topliss-reactive ketones (excluding diaryl/α,β-unsaturated/α-hetero) is 1. The van der Waals surface area contributed by atoms with Gasteiger partial charge in [0, 0.05) is 29.9 Å². The quantitative estimate of drug-likeness (QED) is 0.216. The number of pyridine rings is 1. The average Bonchev–Trinajstić information content (AvgIpc) is 2.91. The number of benzene rings is 2. The second-order valence-electron chi connectivity index (χ2n) is 9.25. The maximum Gasteiger partial charge on any atom is 0.313 e. The second kappa shape index (κ2) is 14.2. The molecule has 0 saturated carbocycles. The van der Waals surface area contributed by atoms with Crippen molar-refractivity contribution in [3.05, 3.63) is 83.4 Å². The van der Waals surface area contributed by atoms with Gasteiger partial charge in [0.05, 0.1) is 19.8 Å². The molecule has 0 fully saturated rings. The number of ether oxygens (including phenoxy) is 3. The number of aliphatic hydroxyl groups excluding tert-OH is 1. The predicted molar refractivity (Wildman–Crippen MR) is 147 cm³/mol. The summed E-state index contributed by atoms with van der Waals surface area (Å²) in [5.41, 5.74) is 3.83. The Kier molecular flexibility index (Phi) is 10.8. The number of halogens is 1. The van der Waals surface area contributed by atoms with Gasteiger partial charge < -0.3 is 19.3 Å². The molecule has 1 aromatic heterocycles. The normalized spacial score (nSPS) is 12.0. The van der Waals surface area contributed by atoms with Crippen molar-refractivity contribution in [2.24, 2.45) is 0 Å². The smallest absolute Gasteiger partial charge is 0.313 e. The Morgan fingerprint density at radius 3 is 2.51 bits per heavy atom. The first-order chi connectivity index (χ1) is 18.7. The molecule has 0 aliphatic heterocycles. The molecule has 2 aromatic carbocycles. The first-order valence-electron chi connectivity index (χ1n) is 12.8. The SMILES string of the molecule is CCOC(=O)CC(=O)CC(O)/C=C/c1c(C(C)C)cc(OC)c(OCc2cccnc2)c1-c1ccc(F)cc1. The van der Waals surface area contributed by atoms with Gasteiger partial charge in [-0.1, -0.05) is 44.2 Å². The van der Waals surface area contributed by atoms with Crippen LogP contribution in [-0.4, -0.2) is 41.7 Å². The van der Waals surface area contributed by atoms with Gasteiger partial charge in [-0.2, -0.15) is 0 Å². The lowest BCUT2D eigenvalue weighted by Gasteiger charge is -2.22. The van der Waals surface area contributed by atoms with E-state index in [4.69, 9.17) is 14.2 Å². The molecule has 3 aromatic rings. The number of esters is 1. The Balaban J connectivity index is 2.07. The van der Waals surface area contributed by atoms with Crippen LogP contribution in [0.2, 0.25) is 0 Å². The third-order valence-electron chi connectivity index (χ3n) is 5.97. The van der Waals surface area contributed by atoms with Crippen LogP contribution in [0.25, 0.3) is 17.2 Å². The zero-order valence-electron chi connectivity index (χ0n) is 22.6. The van der Waals surface area contributed by atoms with Gasteiger partial charge in [-0.15, -0.1) is 0 Å². The second-order valence-corrected chi connectivity index (χ2v) is 9.25. The summed E-state index contributed by atoms with van der Waals surface area (Å²) < 4.78 is 30.7. The lowest BCUT2D eigenvalue weighted by atomic mass is 9.88. The van der Waals surface area contributed by atoms with E-state index in [1.54, 1.807) is 44.6 Å². The molecule has 3 rings (SSSR count). The van der Waals surface area contributed by atoms with Crippen LogP contribution < -0.4 is 9.47 Å². The van der Waals surface area contributed by atoms with E-state index >= 15 is 0 Å². The van der Waals surface area contributed by atoms with E-state index in [9.17, 15) is 19.1 Å². The number of carbonyl (C=O) groups is 2. The fraction of sp³-hybridized carbons (Fsp3) is 0.323. The van der Waals surface area contributed by atoms with E-state index in [2.05, 4.69) is 4.98 Å². The molecule has 0 radical (unpaired) electrons. The summed E-state index contributed by atoms with van der Waals surface area (Å²) >= 11 is 0. The molecule has 0 amide bonds. The van der Waals surface area contributed by atoms with Gasteiger partial charge >= 0.3 is 5.97 Å². The van der Waals surface area contributed by atoms with Crippen LogP contribution in [0.1, 0.15) is 56.2 Å². The molecule has 1 heterocycles. The Morgan fingerprint density at radius 2 is 1.90 bits per heavy atom. The van der Waals surface area contributed by atoms with Crippen molar-refractivity contribution in [3.8, 4) is 22.6 Å². The van der Waals surface area contributed by atoms with Crippen LogP contribution in [-0.2, 0) is 20.9 Å². The van der Waals surface area contributed by atoms with Gasteiger partial charge in [-0.05, 0) is 53.8 Å². The standard InChI is InChI=1S/C31H34FNO6/c1-5-38-29(36)16-25(35)15-24(34)12-13-26-27(20(2)3)17-28(37-4)31(39-19-21-7-6-14-33-18-21)30(26)22-8-10-23(32)11-9-22/h6-14,17-18,20,24,34H,5,15-16,19H2,1-4H3/b13-12+. The molecule has 0 saturated heterocycles. The molecule has 1 atom stereocenters. The summed E-state index contributed by atoms with van der Waals surface area (Å²) in [5, 5.41) is 10.6. The van der Waals surface area contributed by atoms with Crippen molar-refractivity contribution in [1.82, 2.24) is 4.98 Å². The topological polar surface area (TPSA) is 95.0 Å². The minimum atomic E-state index is -1.13. The van der Waals surface area contributed by atoms with Gasteiger partial charge in [0.15, 0.2) is 11.5 Å². The van der Waals surface area contributed by atoms with Crippen molar-refractivity contribution in [1.29, 1.82) is 0 Å². The van der Waals surface area contributed by atoms with Gasteiger partial charge in [-0.25, -0.2) is 4.39 Å². The first-order valence-corrected chi connectivity index (χ1v) is 12.8. The summed E-state index contributed by atoms with van der Waals surface area (Å²) in [7, 11) is 1.55. The Morgan fingerprint density at radius 1 is 1.15 bits per heavy atom. The Bertz CT molecular complexity index is 1290. The zero-order valence-corrected chi connectivity index (χ0v) is 22.6. The highest BCUT2D eigenvalue weighted by molar-refractivity contribution is 5.96. The molecule has 0 bridgehead atoms. The highest BCUT2D eigenvalue weighted by atomic mass is 19.1. The molecule has 39 heavy (non-hydrogen) atoms. The van der Waals surface area contributed by atoms with E-state index < -0.39 is 24.3 Å². The van der Waals surface area contributed by atoms with E-state index in [1.165, 1.54) is 18.2 Å². The van der Waals surface area contributed by atoms with E-state index in [1.807, 2.05) is 32.0 Å². The maximum absolute atomic E-state index is 13.9. The molecule has 1 N–H and O–H groups in total. The summed E-state index contributed by atoms with van der Waals surface area (Å²) in [5.74, 6) is -0.424. The number of aliphatic hydroxyl groups is 1. The van der Waals surface area contributed by atoms with Gasteiger partial charge in [0.2, 0.25) is 0 Å². The van der Waals surface area contributed by atoms with Crippen molar-refractivity contribution in [3.63, 3.8) is 0 Å². The highest BCUT2D eigenvalue weighted by Crippen LogP contribution is 2.45. The number of hydrogen-bond acceptors (Lipinski definition) is 7. The highest BCUT2D eigenvalue weighted by Gasteiger charge is 2.23. The lowest BCUT2D eigenvalue weighted by Crippen LogP contribution is -2.16. The summed E-state index contributed by atoms with van der Waals surface area (Å²) in [6, 6.07) is 11.6. The van der Waals surface area contributed by atoms with E-state index in [0.29, 0.717) is 22.6 Å². The van der Waals surface area contributed by atoms with Gasteiger partial charge in [0.25, 0.3) is 0 Å². The van der Waals surface area contributed by atoms with Crippen LogP contribution in [0.5, 0.6) is 11.5 Å². The van der Waals surface area contributed by atoms with E-state index in [0.717, 1.165) is 16.7 Å². The number of aromatic nitrogens is 1. The van der Waals surface area contributed by atoms with Crippen LogP contribution in [0.3, 0.4) is 0 Å². The van der Waals surface area contributed by atoms with Crippen LogP contribution >= 0.6 is 0 Å². The molecule has 0 aliphatic carbocycles. The Labute approximate surface area is 228 Å². The molecular formula is C31H34FNO6. The number of rotatable bonds is 13. The molecule has 0 spiro atoms. The Hall–Kier alpha value is -4.04. The van der Waals surface area contributed by atoms with Crippen molar-refractivity contribution < 1.29 is 33.3 Å². The van der Waals surface area contributed by atoms with Crippen molar-refractivity contribution in [2.75, 3.05) is 13.7 Å². The first kappa shape index (κ1) is 29.5. The fourth-order valence-electron chi connectivity index (χ4n) is 4.12. The number of nitrogens with zero attached hydrogens (tertiary/aromatic N) is 1. The van der Waals surface area contributed by atoms with Crippen molar-refractivity contribution in [2.45, 2.75) is 52.2 Å². The molecule has 7 nitrogen and oxygen atoms in total. The monoisotopic (exact) mass is 535 g/mol. The van der Waals surface area contributed by atoms with Gasteiger partial charge in [0.1, 0.15) is 24.6 Å². The predicted octanol–water partition coefficient (Wildman–Crippen LogP) is 5.89. The molecule has 1 unspecified atom stereocenters. The largest absolute Gasteiger partial charge is 0.493 e. The molecule has 206 valence electrons. The summed E-state index contributed by atoms with van der Waals surface area (Å²) in [6.07, 6.45) is 4.86. The van der Waals surface area contributed by atoms with Crippen LogP contribution in [0, 0.1) is 5.82 Å². The number of ketones is 1. The van der Waals surface area contributed by atoms with Crippen LogP contribution in [0.4, 0.5) is 4.39 Å². The lowest BCUT2D eigenvalue weighted by molar-refractivity contribution is -0.145. The fourth-order valence-corrected chi connectivity index (χ4v) is 4.12. The minimum absolute atomic E-state index is 0.0488. The zero-order chi connectivity index (χ0) is 28.4. The third-order valence-corrected chi connectivity index (χ3v) is 5.97. The van der Waals surface area contributed by atoms with Gasteiger partial charge in [-0.3, -0.25) is 14.6 Å². The summed E-state index contributed by atoms with van der Waals surface area (Å²) in [6.45, 7) is 6.11. The maximum atomic E-state index is 13.9.